The lowest BCUT2D eigenvalue weighted by molar-refractivity contribution is -0.134. The molecule has 3 aromatic rings. The molecule has 0 bridgehead atoms. The lowest BCUT2D eigenvalue weighted by atomic mass is 10.0. The number of fused-ring (bicyclic) bond motifs is 2. The number of benzene rings is 3. The van der Waals surface area contributed by atoms with Crippen molar-refractivity contribution in [1.29, 1.82) is 0 Å². The fourth-order valence-corrected chi connectivity index (χ4v) is 4.22. The van der Waals surface area contributed by atoms with Crippen molar-refractivity contribution in [3.05, 3.63) is 66.2 Å². The van der Waals surface area contributed by atoms with E-state index in [1.54, 1.807) is 0 Å². The number of carbonyl (C=O) groups is 1. The van der Waals surface area contributed by atoms with E-state index in [1.165, 1.54) is 0 Å². The zero-order chi connectivity index (χ0) is 19.6. The Hall–Kier alpha value is -3.21. The van der Waals surface area contributed by atoms with Crippen LogP contribution in [0.1, 0.15) is 24.4 Å². The van der Waals surface area contributed by atoms with Crippen LogP contribution in [-0.4, -0.2) is 37.2 Å². The number of amides is 1. The molecule has 0 spiro atoms. The molecule has 0 N–H and O–H groups in total. The largest absolute Gasteiger partial charge is 0.486 e. The molecule has 1 amide bonds. The maximum Gasteiger partial charge on any atom is 0.261 e. The monoisotopic (exact) mass is 389 g/mol. The second-order valence-electron chi connectivity index (χ2n) is 7.41. The summed E-state index contributed by atoms with van der Waals surface area (Å²) in [6.45, 7) is 1.92. The van der Waals surface area contributed by atoms with Gasteiger partial charge in [-0.3, -0.25) is 4.79 Å². The number of hydrogen-bond acceptors (Lipinski definition) is 4. The molecule has 1 atom stereocenters. The van der Waals surface area contributed by atoms with Crippen LogP contribution in [0.25, 0.3) is 10.8 Å². The minimum Gasteiger partial charge on any atom is -0.486 e. The number of ether oxygens (including phenoxy) is 3. The molecule has 29 heavy (non-hydrogen) atoms. The van der Waals surface area contributed by atoms with E-state index in [0.29, 0.717) is 13.2 Å². The lowest BCUT2D eigenvalue weighted by Crippen LogP contribution is -2.34. The van der Waals surface area contributed by atoms with Crippen molar-refractivity contribution in [1.82, 2.24) is 4.90 Å². The van der Waals surface area contributed by atoms with Crippen LogP contribution < -0.4 is 14.2 Å². The van der Waals surface area contributed by atoms with Gasteiger partial charge >= 0.3 is 0 Å². The van der Waals surface area contributed by atoms with Crippen molar-refractivity contribution in [3.63, 3.8) is 0 Å². The molecule has 2 aliphatic rings. The van der Waals surface area contributed by atoms with Gasteiger partial charge in [0.1, 0.15) is 19.0 Å². The molecule has 5 rings (SSSR count). The fraction of sp³-hybridized carbons (Fsp3) is 0.292. The van der Waals surface area contributed by atoms with E-state index < -0.39 is 0 Å². The molecular formula is C24H23NO4. The Labute approximate surface area is 169 Å². The van der Waals surface area contributed by atoms with Crippen LogP contribution in [0.4, 0.5) is 0 Å². The first-order chi connectivity index (χ1) is 14.3. The van der Waals surface area contributed by atoms with Crippen LogP contribution in [0.3, 0.4) is 0 Å². The van der Waals surface area contributed by atoms with E-state index >= 15 is 0 Å². The topological polar surface area (TPSA) is 48.0 Å². The summed E-state index contributed by atoms with van der Waals surface area (Å²) in [4.78, 5) is 14.9. The third-order valence-corrected chi connectivity index (χ3v) is 5.62. The van der Waals surface area contributed by atoms with Gasteiger partial charge < -0.3 is 19.1 Å². The summed E-state index contributed by atoms with van der Waals surface area (Å²) < 4.78 is 17.3. The fourth-order valence-electron chi connectivity index (χ4n) is 4.22. The molecule has 0 aliphatic carbocycles. The summed E-state index contributed by atoms with van der Waals surface area (Å²) >= 11 is 0. The predicted molar refractivity (Wildman–Crippen MR) is 111 cm³/mol. The Bertz CT molecular complexity index is 1040. The summed E-state index contributed by atoms with van der Waals surface area (Å²) in [5, 5.41) is 2.13. The van der Waals surface area contributed by atoms with E-state index in [0.717, 1.165) is 53.0 Å². The zero-order valence-corrected chi connectivity index (χ0v) is 16.2. The van der Waals surface area contributed by atoms with Crippen LogP contribution in [0, 0.1) is 0 Å². The minimum atomic E-state index is 0.00956. The Morgan fingerprint density at radius 2 is 1.83 bits per heavy atom. The third kappa shape index (κ3) is 3.48. The van der Waals surface area contributed by atoms with E-state index in [4.69, 9.17) is 14.2 Å². The van der Waals surface area contributed by atoms with Crippen molar-refractivity contribution in [2.45, 2.75) is 18.9 Å². The molecule has 1 saturated heterocycles. The van der Waals surface area contributed by atoms with Crippen molar-refractivity contribution in [2.24, 2.45) is 0 Å². The van der Waals surface area contributed by atoms with E-state index in [-0.39, 0.29) is 18.6 Å². The van der Waals surface area contributed by atoms with Gasteiger partial charge in [0.15, 0.2) is 18.1 Å². The van der Waals surface area contributed by atoms with Crippen LogP contribution in [-0.2, 0) is 4.79 Å². The molecule has 0 aromatic heterocycles. The van der Waals surface area contributed by atoms with Gasteiger partial charge in [0.2, 0.25) is 0 Å². The van der Waals surface area contributed by atoms with Gasteiger partial charge in [-0.1, -0.05) is 42.5 Å². The van der Waals surface area contributed by atoms with Gasteiger partial charge in [0, 0.05) is 11.9 Å². The third-order valence-electron chi connectivity index (χ3n) is 5.62. The van der Waals surface area contributed by atoms with Crippen molar-refractivity contribution >= 4 is 16.7 Å². The first-order valence-corrected chi connectivity index (χ1v) is 10.1. The zero-order valence-electron chi connectivity index (χ0n) is 16.2. The number of likely N-dealkylation sites (tertiary alicyclic amines) is 1. The summed E-state index contributed by atoms with van der Waals surface area (Å²) in [7, 11) is 0. The van der Waals surface area contributed by atoms with E-state index in [2.05, 4.69) is 0 Å². The van der Waals surface area contributed by atoms with E-state index in [1.807, 2.05) is 65.6 Å². The first-order valence-electron chi connectivity index (χ1n) is 10.1. The second-order valence-corrected chi connectivity index (χ2v) is 7.41. The SMILES string of the molecule is O=C(COc1cccc2ccccc12)N1CCCC1c1ccc2c(c1)OCCO2. The van der Waals surface area contributed by atoms with Crippen LogP contribution in [0.15, 0.2) is 60.7 Å². The Kier molecular flexibility index (Phi) is 4.72. The summed E-state index contributed by atoms with van der Waals surface area (Å²) in [5.41, 5.74) is 1.09. The average molecular weight is 389 g/mol. The maximum atomic E-state index is 13.0. The molecule has 5 nitrogen and oxygen atoms in total. The predicted octanol–water partition coefficient (Wildman–Crippen LogP) is 4.35. The molecule has 148 valence electrons. The van der Waals surface area contributed by atoms with Gasteiger partial charge in [0.25, 0.3) is 5.91 Å². The molecule has 2 heterocycles. The summed E-state index contributed by atoms with van der Waals surface area (Å²) in [5.74, 6) is 2.29. The van der Waals surface area contributed by atoms with Crippen molar-refractivity contribution in [2.75, 3.05) is 26.4 Å². The van der Waals surface area contributed by atoms with Crippen molar-refractivity contribution < 1.29 is 19.0 Å². The molecule has 0 radical (unpaired) electrons. The normalized spacial score (nSPS) is 18.1. The van der Waals surface area contributed by atoms with Crippen LogP contribution in [0.2, 0.25) is 0 Å². The number of hydrogen-bond donors (Lipinski definition) is 0. The molecule has 2 aliphatic heterocycles. The summed E-state index contributed by atoms with van der Waals surface area (Å²) in [6.07, 6.45) is 1.93. The Morgan fingerprint density at radius 3 is 2.76 bits per heavy atom. The van der Waals surface area contributed by atoms with Gasteiger partial charge in [-0.15, -0.1) is 0 Å². The highest BCUT2D eigenvalue weighted by molar-refractivity contribution is 5.88. The maximum absolute atomic E-state index is 13.0. The second kappa shape index (κ2) is 7.66. The number of carbonyl (C=O) groups excluding carboxylic acids is 1. The number of rotatable bonds is 4. The minimum absolute atomic E-state index is 0.00956. The number of nitrogens with zero attached hydrogens (tertiary/aromatic N) is 1. The first kappa shape index (κ1) is 17.9. The summed E-state index contributed by atoms with van der Waals surface area (Å²) in [6, 6.07) is 20.0. The molecule has 0 saturated carbocycles. The molecular weight excluding hydrogens is 366 g/mol. The van der Waals surface area contributed by atoms with Gasteiger partial charge in [0.05, 0.1) is 6.04 Å². The molecule has 5 heteroatoms. The highest BCUT2D eigenvalue weighted by Gasteiger charge is 2.31. The Balaban J connectivity index is 1.31. The van der Waals surface area contributed by atoms with Gasteiger partial charge in [-0.25, -0.2) is 0 Å². The highest BCUT2D eigenvalue weighted by Crippen LogP contribution is 2.38. The molecule has 3 aromatic carbocycles. The quantitative estimate of drug-likeness (QED) is 0.666. The standard InChI is InChI=1S/C24H23NO4/c26-24(16-29-21-9-3-6-17-5-1-2-7-19(17)21)25-12-4-8-20(25)18-10-11-22-23(15-18)28-14-13-27-22/h1-3,5-7,9-11,15,20H,4,8,12-14,16H2. The molecule has 1 fully saturated rings. The average Bonchev–Trinajstić information content (AvgIpc) is 3.27. The highest BCUT2D eigenvalue weighted by atomic mass is 16.6. The van der Waals surface area contributed by atoms with Crippen molar-refractivity contribution in [3.8, 4) is 17.2 Å². The van der Waals surface area contributed by atoms with Crippen LogP contribution in [0.5, 0.6) is 17.2 Å². The van der Waals surface area contributed by atoms with Gasteiger partial charge in [-0.05, 0) is 42.0 Å². The Morgan fingerprint density at radius 1 is 1.00 bits per heavy atom. The molecule has 1 unspecified atom stereocenters. The smallest absolute Gasteiger partial charge is 0.261 e. The van der Waals surface area contributed by atoms with E-state index in [9.17, 15) is 4.79 Å². The van der Waals surface area contributed by atoms with Crippen LogP contribution >= 0.6 is 0 Å². The van der Waals surface area contributed by atoms with Gasteiger partial charge in [-0.2, -0.15) is 0 Å². The lowest BCUT2D eigenvalue weighted by Gasteiger charge is -2.27.